The quantitative estimate of drug-likeness (QED) is 0.110. The van der Waals surface area contributed by atoms with Crippen LogP contribution in [0.4, 0.5) is 17.1 Å². The van der Waals surface area contributed by atoms with Crippen molar-refractivity contribution in [3.63, 3.8) is 0 Å². The summed E-state index contributed by atoms with van der Waals surface area (Å²) in [4.78, 5) is 64.7. The van der Waals surface area contributed by atoms with Gasteiger partial charge in [0, 0.05) is 30.3 Å². The molecule has 0 aromatic heterocycles. The summed E-state index contributed by atoms with van der Waals surface area (Å²) in [6, 6.07) is 13.9. The molecular weight excluding hydrogens is 708 g/mol. The number of ether oxygens (including phenoxy) is 3. The van der Waals surface area contributed by atoms with E-state index in [1.165, 1.54) is 21.0 Å². The van der Waals surface area contributed by atoms with Gasteiger partial charge in [-0.25, -0.2) is 0 Å². The van der Waals surface area contributed by atoms with E-state index in [0.29, 0.717) is 53.3 Å². The van der Waals surface area contributed by atoms with Crippen molar-refractivity contribution in [1.29, 1.82) is 0 Å². The number of methoxy groups -OCH3 is 1. The molecule has 15 heteroatoms. The standard InChI is InChI=1S/C40H50N6O9/c1-22(2)54-20-25-14-26(16-28(15-25)44-38(50)24(4)43-37(49)23(3)42-36(48)13-9-8-12-35(41)47)21-55-34-19-30-29(18-33(34)53-5)40(52)46-31-11-7-6-10-27(31)17-32(46)39(51)45-30/h6-7,10-11,14-16,18-19,22-24,32,39,45,51H,8-9,12-13,17,20-21H2,1-5H3,(H2,41,47)(H,42,48)(H,43,49)(H,44,50)/t23-,24-,32-,39?/m0/s1. The van der Waals surface area contributed by atoms with Crippen LogP contribution >= 0.6 is 0 Å². The Morgan fingerprint density at radius 3 is 2.31 bits per heavy atom. The highest BCUT2D eigenvalue weighted by Crippen LogP contribution is 2.41. The second-order valence-electron chi connectivity index (χ2n) is 14.1. The van der Waals surface area contributed by atoms with Crippen LogP contribution in [0.15, 0.2) is 54.6 Å². The molecule has 0 saturated carbocycles. The highest BCUT2D eigenvalue weighted by Gasteiger charge is 2.42. The van der Waals surface area contributed by atoms with Gasteiger partial charge in [-0.05, 0) is 94.0 Å². The van der Waals surface area contributed by atoms with Gasteiger partial charge in [0.25, 0.3) is 5.91 Å². The van der Waals surface area contributed by atoms with Crippen molar-refractivity contribution in [1.82, 2.24) is 10.6 Å². The zero-order valence-corrected chi connectivity index (χ0v) is 31.8. The maximum atomic E-state index is 13.9. The van der Waals surface area contributed by atoms with E-state index in [4.69, 9.17) is 19.9 Å². The summed E-state index contributed by atoms with van der Waals surface area (Å²) in [5.74, 6) is -1.43. The monoisotopic (exact) mass is 758 g/mol. The molecule has 2 heterocycles. The van der Waals surface area contributed by atoms with E-state index < -0.39 is 42.1 Å². The van der Waals surface area contributed by atoms with E-state index >= 15 is 0 Å². The third kappa shape index (κ3) is 10.3. The molecule has 15 nitrogen and oxygen atoms in total. The van der Waals surface area contributed by atoms with E-state index in [-0.39, 0.29) is 44.0 Å². The molecule has 7 N–H and O–H groups in total. The smallest absolute Gasteiger partial charge is 0.260 e. The van der Waals surface area contributed by atoms with Gasteiger partial charge in [0.15, 0.2) is 11.5 Å². The maximum absolute atomic E-state index is 13.9. The van der Waals surface area contributed by atoms with Crippen molar-refractivity contribution < 1.29 is 43.3 Å². The van der Waals surface area contributed by atoms with Gasteiger partial charge in [-0.1, -0.05) is 18.2 Å². The fourth-order valence-electron chi connectivity index (χ4n) is 6.48. The van der Waals surface area contributed by atoms with Crippen LogP contribution in [-0.4, -0.2) is 72.2 Å². The van der Waals surface area contributed by atoms with Gasteiger partial charge in [-0.3, -0.25) is 24.0 Å². The van der Waals surface area contributed by atoms with Gasteiger partial charge in [0.05, 0.1) is 37.1 Å². The average molecular weight is 759 g/mol. The second kappa shape index (κ2) is 18.1. The number of nitrogens with one attached hydrogen (secondary N) is 4. The number of hydrogen-bond acceptors (Lipinski definition) is 10. The normalized spacial score (nSPS) is 16.8. The number of benzene rings is 3. The van der Waals surface area contributed by atoms with Crippen molar-refractivity contribution in [2.75, 3.05) is 22.6 Å². The molecule has 0 radical (unpaired) electrons. The second-order valence-corrected chi connectivity index (χ2v) is 14.1. The summed E-state index contributed by atoms with van der Waals surface area (Å²) in [5.41, 5.74) is 9.48. The number of hydrogen-bond donors (Lipinski definition) is 6. The van der Waals surface area contributed by atoms with E-state index in [1.54, 1.807) is 29.2 Å². The first-order valence-electron chi connectivity index (χ1n) is 18.4. The molecule has 4 atom stereocenters. The van der Waals surface area contributed by atoms with Crippen LogP contribution in [-0.2, 0) is 43.5 Å². The predicted molar refractivity (Wildman–Crippen MR) is 206 cm³/mol. The number of para-hydroxylation sites is 1. The minimum atomic E-state index is -1.04. The fourth-order valence-corrected chi connectivity index (χ4v) is 6.48. The summed E-state index contributed by atoms with van der Waals surface area (Å²) < 4.78 is 17.7. The molecule has 0 fully saturated rings. The van der Waals surface area contributed by atoms with Crippen molar-refractivity contribution in [3.05, 3.63) is 76.9 Å². The Kier molecular flexibility index (Phi) is 13.3. The highest BCUT2D eigenvalue weighted by molar-refractivity contribution is 6.12. The summed E-state index contributed by atoms with van der Waals surface area (Å²) in [6.45, 7) is 7.17. The third-order valence-corrected chi connectivity index (χ3v) is 9.33. The number of anilines is 3. The summed E-state index contributed by atoms with van der Waals surface area (Å²) in [5, 5.41) is 22.3. The molecule has 3 aromatic carbocycles. The van der Waals surface area contributed by atoms with Gasteiger partial charge < -0.3 is 51.2 Å². The van der Waals surface area contributed by atoms with Crippen molar-refractivity contribution in [3.8, 4) is 11.5 Å². The van der Waals surface area contributed by atoms with Crippen LogP contribution in [0, 0.1) is 0 Å². The minimum absolute atomic E-state index is 0.0399. The van der Waals surface area contributed by atoms with Crippen LogP contribution in [0.1, 0.15) is 80.4 Å². The molecule has 5 amide bonds. The number of primary amides is 1. The number of aliphatic hydroxyl groups is 1. The largest absolute Gasteiger partial charge is 0.493 e. The molecule has 3 aromatic rings. The number of nitrogens with zero attached hydrogens (tertiary/aromatic N) is 1. The zero-order chi connectivity index (χ0) is 39.8. The van der Waals surface area contributed by atoms with Gasteiger partial charge in [-0.15, -0.1) is 0 Å². The average Bonchev–Trinajstić information content (AvgIpc) is 3.50. The molecule has 0 spiro atoms. The molecule has 2 aliphatic heterocycles. The number of aliphatic hydroxyl groups excluding tert-OH is 1. The number of rotatable bonds is 17. The molecule has 2 aliphatic rings. The summed E-state index contributed by atoms with van der Waals surface area (Å²) in [7, 11) is 1.48. The Morgan fingerprint density at radius 1 is 0.909 bits per heavy atom. The Balaban J connectivity index is 1.26. The lowest BCUT2D eigenvalue weighted by molar-refractivity contribution is -0.130. The number of carbonyl (C=O) groups excluding carboxylic acids is 5. The molecule has 55 heavy (non-hydrogen) atoms. The number of unbranched alkanes of at least 4 members (excludes halogenated alkanes) is 1. The van der Waals surface area contributed by atoms with Gasteiger partial charge in [-0.2, -0.15) is 0 Å². The molecule has 5 rings (SSSR count). The van der Waals surface area contributed by atoms with Gasteiger partial charge >= 0.3 is 0 Å². The minimum Gasteiger partial charge on any atom is -0.493 e. The molecule has 0 bridgehead atoms. The summed E-state index contributed by atoms with van der Waals surface area (Å²) in [6.07, 6.45) is 0.661. The Bertz CT molecular complexity index is 1920. The van der Waals surface area contributed by atoms with Crippen LogP contribution in [0.5, 0.6) is 11.5 Å². The van der Waals surface area contributed by atoms with E-state index in [0.717, 1.165) is 16.8 Å². The SMILES string of the molecule is COc1cc2c(cc1OCc1cc(COC(C)C)cc(NC(=O)[C@H](C)NC(=O)[C@H](C)NC(=O)CCCCC(N)=O)c1)NC(O)[C@@H]1Cc3ccccc3N1C2=O. The number of fused-ring (bicyclic) bond motifs is 4. The van der Waals surface area contributed by atoms with Crippen molar-refractivity contribution in [2.24, 2.45) is 5.73 Å². The van der Waals surface area contributed by atoms with Crippen LogP contribution < -0.4 is 41.4 Å². The molecular formula is C40H50N6O9. The van der Waals surface area contributed by atoms with Crippen LogP contribution in [0.25, 0.3) is 0 Å². The predicted octanol–water partition coefficient (Wildman–Crippen LogP) is 3.51. The Hall–Kier alpha value is -5.67. The lowest BCUT2D eigenvalue weighted by atomic mass is 10.1. The first-order chi connectivity index (χ1) is 26.2. The number of nitrogens with two attached hydrogens (primary N) is 1. The lowest BCUT2D eigenvalue weighted by Crippen LogP contribution is -2.50. The molecule has 0 saturated heterocycles. The number of carbonyl (C=O) groups is 5. The first-order valence-corrected chi connectivity index (χ1v) is 18.4. The molecule has 294 valence electrons. The Labute approximate surface area is 320 Å². The first kappa shape index (κ1) is 40.5. The van der Waals surface area contributed by atoms with Crippen molar-refractivity contribution in [2.45, 2.75) is 103 Å². The van der Waals surface area contributed by atoms with Crippen molar-refractivity contribution >= 4 is 46.6 Å². The zero-order valence-electron chi connectivity index (χ0n) is 31.8. The van der Waals surface area contributed by atoms with Gasteiger partial charge in [0.1, 0.15) is 24.9 Å². The topological polar surface area (TPSA) is 211 Å². The van der Waals surface area contributed by atoms with E-state index in [9.17, 15) is 29.1 Å². The van der Waals surface area contributed by atoms with Crippen LogP contribution in [0.3, 0.4) is 0 Å². The van der Waals surface area contributed by atoms with Crippen LogP contribution in [0.2, 0.25) is 0 Å². The van der Waals surface area contributed by atoms with E-state index in [2.05, 4.69) is 21.3 Å². The fraction of sp³-hybridized carbons (Fsp3) is 0.425. The summed E-state index contributed by atoms with van der Waals surface area (Å²) >= 11 is 0. The van der Waals surface area contributed by atoms with Gasteiger partial charge in [0.2, 0.25) is 23.6 Å². The number of amides is 5. The molecule has 1 unspecified atom stereocenters. The third-order valence-electron chi connectivity index (χ3n) is 9.33. The lowest BCUT2D eigenvalue weighted by Gasteiger charge is -2.26. The highest BCUT2D eigenvalue weighted by atomic mass is 16.5. The Morgan fingerprint density at radius 2 is 1.60 bits per heavy atom. The van der Waals surface area contributed by atoms with E-state index in [1.807, 2.05) is 44.2 Å². The maximum Gasteiger partial charge on any atom is 0.260 e. The molecule has 0 aliphatic carbocycles.